The maximum absolute atomic E-state index is 9.65. The van der Waals surface area contributed by atoms with Crippen LogP contribution in [0, 0.1) is 11.3 Å². The minimum atomic E-state index is -0.305. The molecule has 80 valence electrons. The number of nitrogens with zero attached hydrogens (tertiary/aromatic N) is 1. The van der Waals surface area contributed by atoms with Crippen LogP contribution in [0.4, 0.5) is 0 Å². The van der Waals surface area contributed by atoms with E-state index in [2.05, 4.69) is 6.58 Å². The summed E-state index contributed by atoms with van der Waals surface area (Å²) < 4.78 is 0. The first-order chi connectivity index (χ1) is 6.70. The van der Waals surface area contributed by atoms with E-state index in [0.717, 1.165) is 0 Å². The molecule has 0 heterocycles. The standard InChI is InChI=1S/C11H12N2O.ClH/c1-2-4-10(13)9-6-3-5-8(7-12)11(9)14;/h2-3,5-6,10,14H,1,4,13H2;1H/t10-;/m1./s1. The van der Waals surface area contributed by atoms with Crippen molar-refractivity contribution >= 4 is 12.4 Å². The van der Waals surface area contributed by atoms with Gasteiger partial charge in [0, 0.05) is 11.6 Å². The van der Waals surface area contributed by atoms with Gasteiger partial charge in [-0.25, -0.2) is 0 Å². The highest BCUT2D eigenvalue weighted by molar-refractivity contribution is 5.85. The molecule has 15 heavy (non-hydrogen) atoms. The van der Waals surface area contributed by atoms with Gasteiger partial charge in [-0.05, 0) is 12.5 Å². The lowest BCUT2D eigenvalue weighted by molar-refractivity contribution is 0.460. The molecule has 0 aromatic heterocycles. The van der Waals surface area contributed by atoms with Crippen LogP contribution in [0.3, 0.4) is 0 Å². The molecule has 0 amide bonds. The number of benzene rings is 1. The van der Waals surface area contributed by atoms with E-state index in [1.165, 1.54) is 0 Å². The second kappa shape index (κ2) is 6.07. The Kier molecular flexibility index (Phi) is 5.46. The summed E-state index contributed by atoms with van der Waals surface area (Å²) in [6, 6.07) is 6.57. The Morgan fingerprint density at radius 3 is 2.80 bits per heavy atom. The van der Waals surface area contributed by atoms with E-state index in [0.29, 0.717) is 12.0 Å². The highest BCUT2D eigenvalue weighted by atomic mass is 35.5. The third kappa shape index (κ3) is 2.98. The fourth-order valence-electron chi connectivity index (χ4n) is 1.26. The smallest absolute Gasteiger partial charge is 0.138 e. The predicted octanol–water partition coefficient (Wildman–Crippen LogP) is 2.26. The van der Waals surface area contributed by atoms with Crippen molar-refractivity contribution in [2.24, 2.45) is 5.73 Å². The number of hydrogen-bond acceptors (Lipinski definition) is 3. The van der Waals surface area contributed by atoms with Crippen molar-refractivity contribution in [1.82, 2.24) is 0 Å². The number of para-hydroxylation sites is 1. The Balaban J connectivity index is 0.00000196. The first-order valence-electron chi connectivity index (χ1n) is 4.29. The minimum Gasteiger partial charge on any atom is -0.506 e. The van der Waals surface area contributed by atoms with Crippen LogP contribution in [0.2, 0.25) is 0 Å². The Morgan fingerprint density at radius 2 is 2.27 bits per heavy atom. The second-order valence-electron chi connectivity index (χ2n) is 2.99. The summed E-state index contributed by atoms with van der Waals surface area (Å²) in [5, 5.41) is 18.3. The summed E-state index contributed by atoms with van der Waals surface area (Å²) >= 11 is 0. The topological polar surface area (TPSA) is 70.0 Å². The number of phenolic OH excluding ortho intramolecular Hbond substituents is 1. The number of aromatic hydroxyl groups is 1. The Labute approximate surface area is 95.2 Å². The van der Waals surface area contributed by atoms with Crippen molar-refractivity contribution < 1.29 is 5.11 Å². The lowest BCUT2D eigenvalue weighted by Crippen LogP contribution is -2.09. The van der Waals surface area contributed by atoms with Crippen molar-refractivity contribution in [1.29, 1.82) is 5.26 Å². The van der Waals surface area contributed by atoms with Gasteiger partial charge in [0.2, 0.25) is 0 Å². The molecule has 0 bridgehead atoms. The van der Waals surface area contributed by atoms with Crippen molar-refractivity contribution in [3.63, 3.8) is 0 Å². The van der Waals surface area contributed by atoms with Gasteiger partial charge in [-0.3, -0.25) is 0 Å². The monoisotopic (exact) mass is 224 g/mol. The number of phenols is 1. The third-order valence-corrected chi connectivity index (χ3v) is 2.01. The van der Waals surface area contributed by atoms with Crippen LogP contribution in [0.25, 0.3) is 0 Å². The van der Waals surface area contributed by atoms with Crippen LogP contribution in [-0.2, 0) is 0 Å². The van der Waals surface area contributed by atoms with Crippen LogP contribution in [0.15, 0.2) is 30.9 Å². The third-order valence-electron chi connectivity index (χ3n) is 2.01. The second-order valence-corrected chi connectivity index (χ2v) is 2.99. The van der Waals surface area contributed by atoms with Crippen LogP contribution in [-0.4, -0.2) is 5.11 Å². The molecular weight excluding hydrogens is 212 g/mol. The molecule has 0 radical (unpaired) electrons. The molecule has 0 saturated carbocycles. The quantitative estimate of drug-likeness (QED) is 0.774. The SMILES string of the molecule is C=CC[C@@H](N)c1cccc(C#N)c1O.Cl. The molecule has 0 fully saturated rings. The van der Waals surface area contributed by atoms with E-state index in [4.69, 9.17) is 11.0 Å². The molecule has 0 aliphatic carbocycles. The highest BCUT2D eigenvalue weighted by Gasteiger charge is 2.11. The molecule has 0 aliphatic rings. The molecule has 1 rings (SSSR count). The van der Waals surface area contributed by atoms with Crippen LogP contribution in [0.1, 0.15) is 23.6 Å². The van der Waals surface area contributed by atoms with Crippen molar-refractivity contribution in [2.45, 2.75) is 12.5 Å². The van der Waals surface area contributed by atoms with Gasteiger partial charge >= 0.3 is 0 Å². The average molecular weight is 225 g/mol. The van der Waals surface area contributed by atoms with Gasteiger partial charge in [0.15, 0.2) is 0 Å². The van der Waals surface area contributed by atoms with E-state index in [1.807, 2.05) is 6.07 Å². The number of halogens is 1. The summed E-state index contributed by atoms with van der Waals surface area (Å²) in [4.78, 5) is 0. The Hall–Kier alpha value is -1.50. The van der Waals surface area contributed by atoms with Gasteiger partial charge < -0.3 is 10.8 Å². The van der Waals surface area contributed by atoms with Crippen molar-refractivity contribution in [2.75, 3.05) is 0 Å². The fraction of sp³-hybridized carbons (Fsp3) is 0.182. The van der Waals surface area contributed by atoms with Crippen LogP contribution < -0.4 is 5.73 Å². The van der Waals surface area contributed by atoms with Gasteiger partial charge in [0.1, 0.15) is 11.8 Å². The highest BCUT2D eigenvalue weighted by Crippen LogP contribution is 2.27. The van der Waals surface area contributed by atoms with Gasteiger partial charge in [0.05, 0.1) is 5.56 Å². The zero-order valence-corrected chi connectivity index (χ0v) is 9.00. The average Bonchev–Trinajstić information content (AvgIpc) is 2.18. The summed E-state index contributed by atoms with van der Waals surface area (Å²) in [7, 11) is 0. The van der Waals surface area contributed by atoms with Crippen LogP contribution in [0.5, 0.6) is 5.75 Å². The van der Waals surface area contributed by atoms with E-state index in [1.54, 1.807) is 24.3 Å². The van der Waals surface area contributed by atoms with E-state index < -0.39 is 0 Å². The van der Waals surface area contributed by atoms with E-state index in [9.17, 15) is 5.11 Å². The molecule has 1 aromatic carbocycles. The normalized spacial score (nSPS) is 10.9. The first-order valence-corrected chi connectivity index (χ1v) is 4.29. The summed E-state index contributed by atoms with van der Waals surface area (Å²) in [6.07, 6.45) is 2.26. The Morgan fingerprint density at radius 1 is 1.60 bits per heavy atom. The molecule has 1 aromatic rings. The predicted molar refractivity (Wildman–Crippen MR) is 61.8 cm³/mol. The van der Waals surface area contributed by atoms with Gasteiger partial charge in [-0.1, -0.05) is 18.2 Å². The fourth-order valence-corrected chi connectivity index (χ4v) is 1.26. The number of hydrogen-bond donors (Lipinski definition) is 2. The van der Waals surface area contributed by atoms with Crippen LogP contribution >= 0.6 is 12.4 Å². The number of rotatable bonds is 3. The molecular formula is C11H13ClN2O. The molecule has 1 atom stereocenters. The number of nitriles is 1. The molecule has 0 unspecified atom stereocenters. The Bertz CT molecular complexity index is 385. The lowest BCUT2D eigenvalue weighted by atomic mass is 10.0. The van der Waals surface area contributed by atoms with Crippen molar-refractivity contribution in [3.05, 3.63) is 42.0 Å². The first kappa shape index (κ1) is 13.5. The summed E-state index contributed by atoms with van der Waals surface area (Å²) in [5.41, 5.74) is 6.63. The molecule has 0 aliphatic heterocycles. The molecule has 3 N–H and O–H groups in total. The maximum atomic E-state index is 9.65. The maximum Gasteiger partial charge on any atom is 0.138 e. The lowest BCUT2D eigenvalue weighted by Gasteiger charge is -2.11. The summed E-state index contributed by atoms with van der Waals surface area (Å²) in [5.74, 6) is -0.0237. The van der Waals surface area contributed by atoms with Gasteiger partial charge in [0.25, 0.3) is 0 Å². The zero-order valence-electron chi connectivity index (χ0n) is 8.18. The zero-order chi connectivity index (χ0) is 10.6. The minimum absolute atomic E-state index is 0. The molecule has 0 saturated heterocycles. The summed E-state index contributed by atoms with van der Waals surface area (Å²) in [6.45, 7) is 3.57. The van der Waals surface area contributed by atoms with Crippen molar-refractivity contribution in [3.8, 4) is 11.8 Å². The van der Waals surface area contributed by atoms with E-state index >= 15 is 0 Å². The molecule has 3 nitrogen and oxygen atoms in total. The van der Waals surface area contributed by atoms with E-state index in [-0.39, 0.29) is 29.8 Å². The molecule has 4 heteroatoms. The number of nitrogens with two attached hydrogens (primary N) is 1. The van der Waals surface area contributed by atoms with Gasteiger partial charge in [-0.15, -0.1) is 19.0 Å². The largest absolute Gasteiger partial charge is 0.506 e. The van der Waals surface area contributed by atoms with Gasteiger partial charge in [-0.2, -0.15) is 5.26 Å². The molecule has 0 spiro atoms.